The van der Waals surface area contributed by atoms with E-state index in [9.17, 15) is 18.0 Å². The zero-order valence-electron chi connectivity index (χ0n) is 13.3. The first-order valence-corrected chi connectivity index (χ1v) is 8.77. The van der Waals surface area contributed by atoms with Crippen molar-refractivity contribution in [1.82, 2.24) is 10.2 Å². The second kappa shape index (κ2) is 7.63. The average Bonchev–Trinajstić information content (AvgIpc) is 2.28. The van der Waals surface area contributed by atoms with Gasteiger partial charge in [-0.25, -0.2) is 13.2 Å². The Hall–Kier alpha value is -1.31. The van der Waals surface area contributed by atoms with Crippen molar-refractivity contribution < 1.29 is 23.1 Å². The van der Waals surface area contributed by atoms with Crippen LogP contribution in [0.25, 0.3) is 0 Å². The summed E-state index contributed by atoms with van der Waals surface area (Å²) in [4.78, 5) is 24.2. The summed E-state index contributed by atoms with van der Waals surface area (Å²) in [5.74, 6) is -1.75. The number of carbonyl (C=O) groups is 2. The molecule has 0 heterocycles. The van der Waals surface area contributed by atoms with E-state index < -0.39 is 27.8 Å². The normalized spacial score (nSPS) is 13.6. The maximum absolute atomic E-state index is 11.8. The van der Waals surface area contributed by atoms with Crippen LogP contribution >= 0.6 is 0 Å². The maximum Gasteiger partial charge on any atom is 0.317 e. The molecule has 0 saturated carbocycles. The highest BCUT2D eigenvalue weighted by molar-refractivity contribution is 7.90. The van der Waals surface area contributed by atoms with Crippen molar-refractivity contribution in [2.75, 3.05) is 32.1 Å². The van der Waals surface area contributed by atoms with Gasteiger partial charge in [-0.05, 0) is 11.8 Å². The molecule has 1 atom stereocenters. The van der Waals surface area contributed by atoms with Gasteiger partial charge in [0, 0.05) is 26.4 Å². The summed E-state index contributed by atoms with van der Waals surface area (Å²) in [6.07, 6.45) is 1.54. The van der Waals surface area contributed by atoms with E-state index in [0.29, 0.717) is 6.42 Å². The molecule has 2 amide bonds. The van der Waals surface area contributed by atoms with Gasteiger partial charge in [0.15, 0.2) is 0 Å². The van der Waals surface area contributed by atoms with Gasteiger partial charge >= 0.3 is 12.0 Å². The number of hydrogen-bond acceptors (Lipinski definition) is 4. The van der Waals surface area contributed by atoms with Crippen LogP contribution in [0.5, 0.6) is 0 Å². The molecule has 0 aromatic heterocycles. The lowest BCUT2D eigenvalue weighted by Gasteiger charge is -2.24. The molecule has 21 heavy (non-hydrogen) atoms. The molecule has 1 unspecified atom stereocenters. The van der Waals surface area contributed by atoms with Crippen LogP contribution in [-0.4, -0.2) is 62.6 Å². The summed E-state index contributed by atoms with van der Waals surface area (Å²) in [5.41, 5.74) is -0.157. The van der Waals surface area contributed by atoms with Crippen molar-refractivity contribution in [2.45, 2.75) is 27.2 Å². The Balaban J connectivity index is 4.40. The molecule has 0 aromatic rings. The topological polar surface area (TPSA) is 104 Å². The predicted molar refractivity (Wildman–Crippen MR) is 80.9 cm³/mol. The number of carbonyl (C=O) groups excluding carboxylic acids is 1. The van der Waals surface area contributed by atoms with Crippen LogP contribution in [0.4, 0.5) is 4.79 Å². The number of carboxylic acid groups (broad SMARTS) is 1. The van der Waals surface area contributed by atoms with Crippen molar-refractivity contribution in [3.05, 3.63) is 0 Å². The molecule has 0 saturated heterocycles. The van der Waals surface area contributed by atoms with E-state index in [4.69, 9.17) is 5.11 Å². The number of amides is 2. The molecule has 0 fully saturated rings. The minimum absolute atomic E-state index is 0.0225. The van der Waals surface area contributed by atoms with Crippen molar-refractivity contribution in [2.24, 2.45) is 11.3 Å². The van der Waals surface area contributed by atoms with E-state index in [2.05, 4.69) is 5.32 Å². The van der Waals surface area contributed by atoms with Gasteiger partial charge in [0.05, 0.1) is 11.7 Å². The van der Waals surface area contributed by atoms with Crippen LogP contribution in [0.2, 0.25) is 0 Å². The summed E-state index contributed by atoms with van der Waals surface area (Å²) in [6.45, 7) is 5.89. The van der Waals surface area contributed by atoms with E-state index in [0.717, 1.165) is 6.26 Å². The van der Waals surface area contributed by atoms with Crippen LogP contribution in [0.1, 0.15) is 27.2 Å². The van der Waals surface area contributed by atoms with Crippen LogP contribution in [0.15, 0.2) is 0 Å². The Kier molecular flexibility index (Phi) is 7.15. The van der Waals surface area contributed by atoms with Crippen LogP contribution in [0.3, 0.4) is 0 Å². The molecule has 0 radical (unpaired) electrons. The molecule has 124 valence electrons. The van der Waals surface area contributed by atoms with E-state index in [1.54, 1.807) is 0 Å². The fourth-order valence-electron chi connectivity index (χ4n) is 1.74. The number of hydrogen-bond donors (Lipinski definition) is 2. The molecule has 0 aliphatic carbocycles. The van der Waals surface area contributed by atoms with Crippen molar-refractivity contribution >= 4 is 21.8 Å². The maximum atomic E-state index is 11.8. The zero-order chi connectivity index (χ0) is 16.8. The van der Waals surface area contributed by atoms with E-state index in [1.165, 1.54) is 11.9 Å². The molecule has 0 bridgehead atoms. The number of rotatable bonds is 7. The summed E-state index contributed by atoms with van der Waals surface area (Å²) in [7, 11) is -1.66. The summed E-state index contributed by atoms with van der Waals surface area (Å²) < 4.78 is 22.1. The van der Waals surface area contributed by atoms with Crippen molar-refractivity contribution in [1.29, 1.82) is 0 Å². The van der Waals surface area contributed by atoms with Gasteiger partial charge in [0.25, 0.3) is 0 Å². The van der Waals surface area contributed by atoms with Crippen molar-refractivity contribution in [3.8, 4) is 0 Å². The molecular weight excluding hydrogens is 296 g/mol. The SMILES string of the molecule is CN(CCS(C)(=O)=O)C(=O)NCC(CC(C)(C)C)C(=O)O. The van der Waals surface area contributed by atoms with Crippen LogP contribution < -0.4 is 5.32 Å². The Bertz CT molecular complexity index is 467. The van der Waals surface area contributed by atoms with Gasteiger partial charge in [-0.15, -0.1) is 0 Å². The quantitative estimate of drug-likeness (QED) is 0.722. The number of nitrogens with zero attached hydrogens (tertiary/aromatic N) is 1. The van der Waals surface area contributed by atoms with Gasteiger partial charge in [0.2, 0.25) is 0 Å². The standard InChI is InChI=1S/C13H26N2O5S/c1-13(2,3)8-10(11(16)17)9-14-12(18)15(4)6-7-21(5,19)20/h10H,6-9H2,1-5H3,(H,14,18)(H,16,17). The van der Waals surface area contributed by atoms with Gasteiger partial charge in [-0.3, -0.25) is 4.79 Å². The van der Waals surface area contributed by atoms with Crippen LogP contribution in [-0.2, 0) is 14.6 Å². The Morgan fingerprint density at radius 1 is 1.29 bits per heavy atom. The molecule has 0 spiro atoms. The third-order valence-electron chi connectivity index (χ3n) is 2.85. The van der Waals surface area contributed by atoms with E-state index in [1.807, 2.05) is 20.8 Å². The predicted octanol–water partition coefficient (Wildman–Crippen LogP) is 0.809. The van der Waals surface area contributed by atoms with Crippen LogP contribution in [0, 0.1) is 11.3 Å². The second-order valence-corrected chi connectivity index (χ2v) is 8.80. The molecule has 2 N–H and O–H groups in total. The first-order chi connectivity index (χ1) is 9.32. The molecule has 0 aromatic carbocycles. The lowest BCUT2D eigenvalue weighted by atomic mass is 9.84. The first kappa shape index (κ1) is 19.7. The Morgan fingerprint density at radius 3 is 2.19 bits per heavy atom. The zero-order valence-corrected chi connectivity index (χ0v) is 14.2. The molecule has 8 heteroatoms. The van der Waals surface area contributed by atoms with E-state index >= 15 is 0 Å². The first-order valence-electron chi connectivity index (χ1n) is 6.71. The van der Waals surface area contributed by atoms with Gasteiger partial charge in [-0.2, -0.15) is 0 Å². The van der Waals surface area contributed by atoms with E-state index in [-0.39, 0.29) is 24.3 Å². The fourth-order valence-corrected chi connectivity index (χ4v) is 2.34. The highest BCUT2D eigenvalue weighted by Crippen LogP contribution is 2.24. The smallest absolute Gasteiger partial charge is 0.317 e. The highest BCUT2D eigenvalue weighted by atomic mass is 32.2. The van der Waals surface area contributed by atoms with Crippen molar-refractivity contribution in [3.63, 3.8) is 0 Å². The largest absolute Gasteiger partial charge is 0.481 e. The molecule has 7 nitrogen and oxygen atoms in total. The second-order valence-electron chi connectivity index (χ2n) is 6.54. The monoisotopic (exact) mass is 322 g/mol. The Morgan fingerprint density at radius 2 is 1.81 bits per heavy atom. The Labute approximate surface area is 126 Å². The number of nitrogens with one attached hydrogen (secondary N) is 1. The third-order valence-corrected chi connectivity index (χ3v) is 3.78. The lowest BCUT2D eigenvalue weighted by molar-refractivity contribution is -0.142. The highest BCUT2D eigenvalue weighted by Gasteiger charge is 2.25. The molecular formula is C13H26N2O5S. The number of aliphatic carboxylic acids is 1. The minimum atomic E-state index is -3.14. The van der Waals surface area contributed by atoms with Gasteiger partial charge < -0.3 is 15.3 Å². The summed E-state index contributed by atoms with van der Waals surface area (Å²) in [5, 5.41) is 11.7. The summed E-state index contributed by atoms with van der Waals surface area (Å²) >= 11 is 0. The number of carboxylic acids is 1. The van der Waals surface area contributed by atoms with Gasteiger partial charge in [-0.1, -0.05) is 20.8 Å². The molecule has 0 aliphatic rings. The fraction of sp³-hybridized carbons (Fsp3) is 0.846. The average molecular weight is 322 g/mol. The minimum Gasteiger partial charge on any atom is -0.481 e. The molecule has 0 aliphatic heterocycles. The molecule has 0 rings (SSSR count). The van der Waals surface area contributed by atoms with Gasteiger partial charge in [0.1, 0.15) is 9.84 Å². The lowest BCUT2D eigenvalue weighted by Crippen LogP contribution is -2.43. The summed E-state index contributed by atoms with van der Waals surface area (Å²) in [6, 6.07) is -0.473. The number of sulfone groups is 1. The number of urea groups is 1. The third kappa shape index (κ3) is 10.1.